The van der Waals surface area contributed by atoms with Gasteiger partial charge < -0.3 is 14.1 Å². The Labute approximate surface area is 159 Å². The molecule has 0 N–H and O–H groups in total. The molecule has 0 bridgehead atoms. The molecule has 0 aliphatic rings. The zero-order chi connectivity index (χ0) is 19.6. The van der Waals surface area contributed by atoms with E-state index in [4.69, 9.17) is 20.8 Å². The minimum Gasteiger partial charge on any atom is -0.449 e. The molecule has 0 spiro atoms. The molecule has 0 saturated carbocycles. The van der Waals surface area contributed by atoms with E-state index >= 15 is 0 Å². The summed E-state index contributed by atoms with van der Waals surface area (Å²) >= 11 is 5.86. The predicted octanol–water partition coefficient (Wildman–Crippen LogP) is 3.65. The number of benzene rings is 2. The summed E-state index contributed by atoms with van der Waals surface area (Å²) in [5.41, 5.74) is 0.449. The van der Waals surface area contributed by atoms with Crippen LogP contribution in [-0.4, -0.2) is 25.0 Å². The van der Waals surface area contributed by atoms with Crippen LogP contribution in [0.4, 0.5) is 5.69 Å². The molecule has 2 aromatic carbocycles. The van der Waals surface area contributed by atoms with Crippen molar-refractivity contribution in [2.45, 2.75) is 13.0 Å². The number of para-hydroxylation sites is 1. The first kappa shape index (κ1) is 18.7. The molecule has 6 nitrogen and oxygen atoms in total. The summed E-state index contributed by atoms with van der Waals surface area (Å²) in [6.45, 7) is 1.46. The van der Waals surface area contributed by atoms with Gasteiger partial charge in [0.05, 0.1) is 5.39 Å². The lowest BCUT2D eigenvalue weighted by molar-refractivity contribution is -0.126. The van der Waals surface area contributed by atoms with E-state index in [1.807, 2.05) is 6.07 Å². The molecule has 138 valence electrons. The number of hydrogen-bond acceptors (Lipinski definition) is 5. The largest absolute Gasteiger partial charge is 0.449 e. The molecule has 1 amide bonds. The Morgan fingerprint density at radius 2 is 1.81 bits per heavy atom. The van der Waals surface area contributed by atoms with Crippen LogP contribution in [0.5, 0.6) is 0 Å². The van der Waals surface area contributed by atoms with Crippen LogP contribution in [0.3, 0.4) is 0 Å². The van der Waals surface area contributed by atoms with Gasteiger partial charge >= 0.3 is 5.97 Å². The second kappa shape index (κ2) is 7.63. The van der Waals surface area contributed by atoms with Gasteiger partial charge in [0, 0.05) is 23.8 Å². The number of likely N-dealkylation sites (N-methyl/N-ethyl adjacent to an activating group) is 1. The highest BCUT2D eigenvalue weighted by Crippen LogP contribution is 2.19. The lowest BCUT2D eigenvalue weighted by atomic mass is 10.2. The predicted molar refractivity (Wildman–Crippen MR) is 102 cm³/mol. The average molecular weight is 386 g/mol. The van der Waals surface area contributed by atoms with Crippen molar-refractivity contribution in [1.82, 2.24) is 0 Å². The molecule has 3 aromatic rings. The third-order valence-corrected chi connectivity index (χ3v) is 4.23. The smallest absolute Gasteiger partial charge is 0.375 e. The summed E-state index contributed by atoms with van der Waals surface area (Å²) in [6.07, 6.45) is -1.06. The van der Waals surface area contributed by atoms with Crippen LogP contribution in [0.15, 0.2) is 63.8 Å². The van der Waals surface area contributed by atoms with Crippen LogP contribution in [0.1, 0.15) is 17.5 Å². The lowest BCUT2D eigenvalue weighted by Gasteiger charge is -2.21. The van der Waals surface area contributed by atoms with E-state index in [-0.39, 0.29) is 16.7 Å². The van der Waals surface area contributed by atoms with Crippen molar-refractivity contribution in [2.75, 3.05) is 11.9 Å². The Morgan fingerprint density at radius 3 is 2.52 bits per heavy atom. The first-order valence-electron chi connectivity index (χ1n) is 8.14. The third-order valence-electron chi connectivity index (χ3n) is 4.00. The number of rotatable bonds is 4. The van der Waals surface area contributed by atoms with Gasteiger partial charge in [-0.3, -0.25) is 9.59 Å². The monoisotopic (exact) mass is 385 g/mol. The Morgan fingerprint density at radius 1 is 1.11 bits per heavy atom. The molecule has 1 unspecified atom stereocenters. The second-order valence-corrected chi connectivity index (χ2v) is 6.33. The van der Waals surface area contributed by atoms with Crippen LogP contribution in [-0.2, 0) is 9.53 Å². The van der Waals surface area contributed by atoms with Crippen LogP contribution >= 0.6 is 11.6 Å². The van der Waals surface area contributed by atoms with Crippen molar-refractivity contribution >= 4 is 40.1 Å². The fraction of sp³-hybridized carbons (Fsp3) is 0.150. The van der Waals surface area contributed by atoms with Crippen molar-refractivity contribution in [1.29, 1.82) is 0 Å². The number of halogens is 1. The number of nitrogens with zero attached hydrogens (tertiary/aromatic N) is 1. The highest BCUT2D eigenvalue weighted by Gasteiger charge is 2.24. The quantitative estimate of drug-likeness (QED) is 0.640. The minimum atomic E-state index is -1.06. The van der Waals surface area contributed by atoms with Gasteiger partial charge in [-0.15, -0.1) is 0 Å². The molecule has 0 saturated heterocycles. The second-order valence-electron chi connectivity index (χ2n) is 5.90. The van der Waals surface area contributed by atoms with Gasteiger partial charge in [-0.2, -0.15) is 0 Å². The summed E-state index contributed by atoms with van der Waals surface area (Å²) in [6, 6.07) is 14.5. The fourth-order valence-electron chi connectivity index (χ4n) is 2.55. The van der Waals surface area contributed by atoms with E-state index < -0.39 is 23.4 Å². The Bertz CT molecular complexity index is 1060. The Kier molecular flexibility index (Phi) is 5.28. The highest BCUT2D eigenvalue weighted by molar-refractivity contribution is 6.31. The molecular formula is C20H16ClNO5. The molecule has 1 aromatic heterocycles. The number of carbonyl (C=O) groups excluding carboxylic acids is 2. The normalized spacial score (nSPS) is 11.8. The van der Waals surface area contributed by atoms with Crippen LogP contribution < -0.4 is 10.3 Å². The maximum atomic E-state index is 12.5. The molecular weight excluding hydrogens is 370 g/mol. The fourth-order valence-corrected chi connectivity index (χ4v) is 2.72. The van der Waals surface area contributed by atoms with E-state index in [0.29, 0.717) is 10.7 Å². The van der Waals surface area contributed by atoms with E-state index in [1.54, 1.807) is 37.4 Å². The lowest BCUT2D eigenvalue weighted by Crippen LogP contribution is -2.37. The van der Waals surface area contributed by atoms with Gasteiger partial charge in [0.2, 0.25) is 5.76 Å². The maximum absolute atomic E-state index is 12.5. The number of esters is 1. The van der Waals surface area contributed by atoms with Crippen molar-refractivity contribution in [3.05, 3.63) is 75.6 Å². The van der Waals surface area contributed by atoms with Crippen molar-refractivity contribution in [3.8, 4) is 0 Å². The Hall–Kier alpha value is -3.12. The summed E-state index contributed by atoms with van der Waals surface area (Å²) in [7, 11) is 1.59. The molecule has 1 atom stereocenters. The number of anilines is 1. The number of hydrogen-bond donors (Lipinski definition) is 0. The van der Waals surface area contributed by atoms with Gasteiger partial charge in [-0.05, 0) is 37.3 Å². The molecule has 7 heteroatoms. The van der Waals surface area contributed by atoms with E-state index in [9.17, 15) is 14.4 Å². The number of fused-ring (bicyclic) bond motifs is 1. The summed E-state index contributed by atoms with van der Waals surface area (Å²) < 4.78 is 10.6. The van der Waals surface area contributed by atoms with Gasteiger partial charge in [0.1, 0.15) is 5.58 Å². The summed E-state index contributed by atoms with van der Waals surface area (Å²) in [5.74, 6) is -1.59. The molecule has 0 radical (unpaired) electrons. The standard InChI is InChI=1S/C20H16ClNO5/c1-12(19(24)22(2)14-6-4-3-5-7-14)26-20(25)18-11-16(23)15-10-13(21)8-9-17(15)27-18/h3-12H,1-2H3. The Balaban J connectivity index is 1.78. The van der Waals surface area contributed by atoms with E-state index in [2.05, 4.69) is 0 Å². The molecule has 27 heavy (non-hydrogen) atoms. The van der Waals surface area contributed by atoms with Gasteiger partial charge in [-0.25, -0.2) is 4.79 Å². The zero-order valence-corrected chi connectivity index (χ0v) is 15.4. The third kappa shape index (κ3) is 4.01. The number of ether oxygens (including phenoxy) is 1. The van der Waals surface area contributed by atoms with Crippen molar-refractivity contribution < 1.29 is 18.7 Å². The molecule has 0 fully saturated rings. The first-order chi connectivity index (χ1) is 12.9. The molecule has 0 aliphatic heterocycles. The SMILES string of the molecule is CC(OC(=O)c1cc(=O)c2cc(Cl)ccc2o1)C(=O)N(C)c1ccccc1. The topological polar surface area (TPSA) is 76.8 Å². The van der Waals surface area contributed by atoms with Crippen LogP contribution in [0.25, 0.3) is 11.0 Å². The van der Waals surface area contributed by atoms with Crippen LogP contribution in [0, 0.1) is 0 Å². The van der Waals surface area contributed by atoms with E-state index in [0.717, 1.165) is 6.07 Å². The van der Waals surface area contributed by atoms with Gasteiger partial charge in [0.15, 0.2) is 11.5 Å². The highest BCUT2D eigenvalue weighted by atomic mass is 35.5. The van der Waals surface area contributed by atoms with Crippen LogP contribution in [0.2, 0.25) is 5.02 Å². The van der Waals surface area contributed by atoms with Gasteiger partial charge in [0.25, 0.3) is 5.91 Å². The summed E-state index contributed by atoms with van der Waals surface area (Å²) in [4.78, 5) is 38.4. The van der Waals surface area contributed by atoms with Gasteiger partial charge in [-0.1, -0.05) is 29.8 Å². The maximum Gasteiger partial charge on any atom is 0.375 e. The molecule has 1 heterocycles. The average Bonchev–Trinajstić information content (AvgIpc) is 2.67. The zero-order valence-electron chi connectivity index (χ0n) is 14.6. The number of amides is 1. The molecule has 3 rings (SSSR count). The first-order valence-corrected chi connectivity index (χ1v) is 8.51. The van der Waals surface area contributed by atoms with Crippen molar-refractivity contribution in [2.24, 2.45) is 0 Å². The molecule has 0 aliphatic carbocycles. The number of carbonyl (C=O) groups is 2. The minimum absolute atomic E-state index is 0.208. The van der Waals surface area contributed by atoms with E-state index in [1.165, 1.54) is 24.0 Å². The summed E-state index contributed by atoms with van der Waals surface area (Å²) in [5, 5.41) is 0.639. The van der Waals surface area contributed by atoms with Crippen molar-refractivity contribution in [3.63, 3.8) is 0 Å².